The van der Waals surface area contributed by atoms with Crippen LogP contribution in [0.4, 0.5) is 30.7 Å². The quantitative estimate of drug-likeness (QED) is 0.104. The van der Waals surface area contributed by atoms with Crippen molar-refractivity contribution in [2.24, 2.45) is 21.6 Å². The van der Waals surface area contributed by atoms with Crippen LogP contribution in [0.25, 0.3) is 22.5 Å². The molecule has 0 bridgehead atoms. The maximum atomic E-state index is 14.9. The zero-order valence-electron chi connectivity index (χ0n) is 29.0. The summed E-state index contributed by atoms with van der Waals surface area (Å²) in [6.45, 7) is -1.03. The van der Waals surface area contributed by atoms with Gasteiger partial charge in [-0.15, -0.1) is 0 Å². The smallest absolute Gasteiger partial charge is 0.394 e. The van der Waals surface area contributed by atoms with Gasteiger partial charge in [-0.05, 0) is 55.0 Å². The standard InChI is InChI=1S/C35H34ClF7N8O3/c1-31(2,35(41,42)43)17-34(22-7-4-19(5-8-22)21-14-47-50(15-21)29(37)38)28(53)51(30(44)48-34)25(16-54-26(52)13-33(10-11-33)32(3,39)40)20-6-9-24(36)23(12-20)27-45-18-46-49-27/h4-9,12,14-15,18,25,29H,10-11,13,16-17H2,1-3H3,(H2,44,48)(H,45,46,49)/t25-,34-/m1/s1. The number of guanidine groups is 1. The first-order valence-corrected chi connectivity index (χ1v) is 16.9. The third-order valence-corrected chi connectivity index (χ3v) is 10.4. The lowest BCUT2D eigenvalue weighted by molar-refractivity contribution is -0.218. The van der Waals surface area contributed by atoms with Crippen molar-refractivity contribution in [3.05, 3.63) is 77.3 Å². The normalized spacial score (nSPS) is 19.3. The number of aromatic nitrogens is 5. The number of H-pyrrole nitrogens is 1. The van der Waals surface area contributed by atoms with E-state index in [4.69, 9.17) is 22.1 Å². The first-order valence-electron chi connectivity index (χ1n) is 16.6. The van der Waals surface area contributed by atoms with Gasteiger partial charge in [-0.1, -0.05) is 55.8 Å². The van der Waals surface area contributed by atoms with Crippen molar-refractivity contribution in [3.8, 4) is 22.5 Å². The van der Waals surface area contributed by atoms with Crippen molar-refractivity contribution >= 4 is 29.4 Å². The predicted octanol–water partition coefficient (Wildman–Crippen LogP) is 7.82. The van der Waals surface area contributed by atoms with Crippen molar-refractivity contribution in [2.45, 2.75) is 76.7 Å². The van der Waals surface area contributed by atoms with Crippen molar-refractivity contribution in [1.29, 1.82) is 0 Å². The summed E-state index contributed by atoms with van der Waals surface area (Å²) < 4.78 is 105. The van der Waals surface area contributed by atoms with Gasteiger partial charge in [-0.3, -0.25) is 19.6 Å². The molecule has 4 aromatic rings. The predicted molar refractivity (Wildman–Crippen MR) is 181 cm³/mol. The summed E-state index contributed by atoms with van der Waals surface area (Å²) in [6.07, 6.45) is -2.68. The summed E-state index contributed by atoms with van der Waals surface area (Å²) in [5, 5.41) is 10.3. The van der Waals surface area contributed by atoms with E-state index in [1.807, 2.05) is 0 Å². The number of aromatic amines is 1. The number of carbonyl (C=O) groups is 2. The number of benzene rings is 2. The lowest BCUT2D eigenvalue weighted by atomic mass is 9.74. The van der Waals surface area contributed by atoms with E-state index in [9.17, 15) is 40.3 Å². The van der Waals surface area contributed by atoms with Crippen LogP contribution in [0.3, 0.4) is 0 Å². The summed E-state index contributed by atoms with van der Waals surface area (Å²) in [7, 11) is 0. The number of halogens is 8. The molecule has 54 heavy (non-hydrogen) atoms. The molecule has 1 fully saturated rings. The van der Waals surface area contributed by atoms with Gasteiger partial charge in [0, 0.05) is 22.7 Å². The van der Waals surface area contributed by atoms with Crippen LogP contribution in [0, 0.1) is 10.8 Å². The Morgan fingerprint density at radius 3 is 2.30 bits per heavy atom. The molecule has 1 saturated carbocycles. The number of nitrogens with zero attached hydrogens (tertiary/aromatic N) is 6. The number of nitrogens with two attached hydrogens (primary N) is 1. The fourth-order valence-corrected chi connectivity index (χ4v) is 6.79. The number of rotatable bonds is 13. The van der Waals surface area contributed by atoms with Crippen LogP contribution >= 0.6 is 11.6 Å². The molecular formula is C35H34ClF7N8O3. The van der Waals surface area contributed by atoms with E-state index >= 15 is 0 Å². The molecule has 2 atom stereocenters. The summed E-state index contributed by atoms with van der Waals surface area (Å²) in [5.74, 6) is -5.46. The zero-order chi connectivity index (χ0) is 39.4. The van der Waals surface area contributed by atoms with E-state index in [1.54, 1.807) is 0 Å². The highest BCUT2D eigenvalue weighted by molar-refractivity contribution is 6.33. The van der Waals surface area contributed by atoms with Crippen molar-refractivity contribution < 1.29 is 45.1 Å². The lowest BCUT2D eigenvalue weighted by Crippen LogP contribution is -2.49. The van der Waals surface area contributed by atoms with Gasteiger partial charge in [0.2, 0.25) is 0 Å². The van der Waals surface area contributed by atoms with Crippen LogP contribution in [0.1, 0.15) is 70.2 Å². The fourth-order valence-electron chi connectivity index (χ4n) is 6.59. The van der Waals surface area contributed by atoms with E-state index < -0.39 is 78.3 Å². The molecule has 2 aromatic carbocycles. The number of amides is 1. The van der Waals surface area contributed by atoms with Gasteiger partial charge in [-0.2, -0.15) is 32.1 Å². The number of carbonyl (C=O) groups excluding carboxylic acids is 2. The van der Waals surface area contributed by atoms with Crippen LogP contribution in [0.15, 0.2) is 66.2 Å². The Bertz CT molecular complexity index is 2060. The third kappa shape index (κ3) is 7.14. The molecular weight excluding hydrogens is 749 g/mol. The van der Waals surface area contributed by atoms with E-state index in [-0.39, 0.29) is 40.4 Å². The molecule has 6 rings (SSSR count). The van der Waals surface area contributed by atoms with Gasteiger partial charge in [0.15, 0.2) is 17.3 Å². The number of aliphatic imine (C=N–C) groups is 1. The Labute approximate surface area is 308 Å². The van der Waals surface area contributed by atoms with E-state index in [0.29, 0.717) is 15.8 Å². The molecule has 1 aliphatic carbocycles. The monoisotopic (exact) mass is 782 g/mol. The molecule has 11 nitrogen and oxygen atoms in total. The Balaban J connectivity index is 1.41. The van der Waals surface area contributed by atoms with Gasteiger partial charge < -0.3 is 10.5 Å². The van der Waals surface area contributed by atoms with E-state index in [0.717, 1.165) is 31.9 Å². The molecule has 0 spiro atoms. The number of ether oxygens (including phenoxy) is 1. The first kappa shape index (κ1) is 38.7. The number of alkyl halides is 7. The molecule has 0 saturated heterocycles. The average Bonchev–Trinajstić information content (AvgIpc) is 3.40. The summed E-state index contributed by atoms with van der Waals surface area (Å²) in [4.78, 5) is 37.3. The Morgan fingerprint density at radius 2 is 1.74 bits per heavy atom. The average molecular weight is 783 g/mol. The Morgan fingerprint density at radius 1 is 1.06 bits per heavy atom. The maximum absolute atomic E-state index is 14.9. The highest BCUT2D eigenvalue weighted by Crippen LogP contribution is 2.59. The topological polar surface area (TPSA) is 144 Å². The molecule has 1 amide bonds. The van der Waals surface area contributed by atoms with Crippen LogP contribution in [0.2, 0.25) is 5.02 Å². The molecule has 3 N–H and O–H groups in total. The Kier molecular flexibility index (Phi) is 9.82. The van der Waals surface area contributed by atoms with E-state index in [1.165, 1.54) is 55.0 Å². The fraction of sp³-hybridized carbons (Fsp3) is 0.429. The largest absolute Gasteiger partial charge is 0.463 e. The molecule has 2 aliphatic rings. The minimum Gasteiger partial charge on any atom is -0.463 e. The minimum atomic E-state index is -4.82. The third-order valence-electron chi connectivity index (χ3n) is 10.1. The van der Waals surface area contributed by atoms with Crippen LogP contribution in [-0.2, 0) is 19.9 Å². The van der Waals surface area contributed by atoms with Crippen LogP contribution in [-0.4, -0.2) is 66.4 Å². The summed E-state index contributed by atoms with van der Waals surface area (Å²) in [5.41, 5.74) is 1.20. The van der Waals surface area contributed by atoms with Crippen LogP contribution in [0.5, 0.6) is 0 Å². The maximum Gasteiger partial charge on any atom is 0.394 e. The molecule has 0 unspecified atom stereocenters. The molecule has 288 valence electrons. The van der Waals surface area contributed by atoms with Gasteiger partial charge in [0.25, 0.3) is 11.8 Å². The van der Waals surface area contributed by atoms with Crippen molar-refractivity contribution in [3.63, 3.8) is 0 Å². The molecule has 19 heteroatoms. The second-order valence-electron chi connectivity index (χ2n) is 14.2. The van der Waals surface area contributed by atoms with Crippen molar-refractivity contribution in [2.75, 3.05) is 6.61 Å². The number of hydrogen-bond acceptors (Lipinski definition) is 8. The SMILES string of the molecule is CC(F)(F)C1(CC(=O)OC[C@H](c2ccc(Cl)c(-c3ncn[nH]3)c2)N2C(=O)[C@@](CC(C)(C)C(F)(F)F)(c3ccc(-c4cnn(C(F)F)c4)cc3)N=C2N)CC1. The Hall–Kier alpha value is -5.00. The molecule has 0 radical (unpaired) electrons. The molecule has 3 heterocycles. The second kappa shape index (κ2) is 13.7. The van der Waals surface area contributed by atoms with E-state index in [2.05, 4.69) is 25.3 Å². The van der Waals surface area contributed by atoms with Gasteiger partial charge in [0.05, 0.1) is 29.1 Å². The van der Waals surface area contributed by atoms with Gasteiger partial charge in [-0.25, -0.2) is 23.4 Å². The van der Waals surface area contributed by atoms with Crippen LogP contribution < -0.4 is 5.73 Å². The minimum absolute atomic E-state index is 0.00433. The van der Waals surface area contributed by atoms with Crippen molar-refractivity contribution in [1.82, 2.24) is 29.9 Å². The lowest BCUT2D eigenvalue weighted by Gasteiger charge is -2.37. The summed E-state index contributed by atoms with van der Waals surface area (Å²) in [6, 6.07) is 8.59. The second-order valence-corrected chi connectivity index (χ2v) is 14.7. The summed E-state index contributed by atoms with van der Waals surface area (Å²) >= 11 is 6.45. The molecule has 1 aliphatic heterocycles. The highest BCUT2D eigenvalue weighted by atomic mass is 35.5. The first-order chi connectivity index (χ1) is 25.2. The molecule has 2 aromatic heterocycles. The van der Waals surface area contributed by atoms with Gasteiger partial charge in [0.1, 0.15) is 12.9 Å². The number of nitrogens with one attached hydrogen (secondary N) is 1. The van der Waals surface area contributed by atoms with Gasteiger partial charge >= 0.3 is 18.7 Å². The number of hydrogen-bond donors (Lipinski definition) is 2. The highest BCUT2D eigenvalue weighted by Gasteiger charge is 2.61. The number of esters is 1. The zero-order valence-corrected chi connectivity index (χ0v) is 29.7.